The van der Waals surface area contributed by atoms with Crippen molar-refractivity contribution in [2.24, 2.45) is 5.92 Å². The number of piperidine rings is 1. The SMILES string of the molecule is O[C@H](c1ccccn1)C1CCN(Cc2cc(-c3ccncc3)no2)CC1. The number of aromatic nitrogens is 3. The third-order valence-electron chi connectivity index (χ3n) is 4.98. The Morgan fingerprint density at radius 2 is 1.92 bits per heavy atom. The Labute approximate surface area is 152 Å². The van der Waals surface area contributed by atoms with Gasteiger partial charge in [0, 0.05) is 30.2 Å². The molecule has 0 bridgehead atoms. The maximum Gasteiger partial charge on any atom is 0.151 e. The van der Waals surface area contributed by atoms with Crippen LogP contribution in [0.25, 0.3) is 11.3 Å². The molecule has 1 fully saturated rings. The van der Waals surface area contributed by atoms with Crippen LogP contribution in [-0.2, 0) is 6.54 Å². The smallest absolute Gasteiger partial charge is 0.151 e. The van der Waals surface area contributed by atoms with E-state index in [0.29, 0.717) is 0 Å². The van der Waals surface area contributed by atoms with Gasteiger partial charge in [0.05, 0.1) is 18.3 Å². The summed E-state index contributed by atoms with van der Waals surface area (Å²) in [6.45, 7) is 2.60. The molecule has 0 aliphatic carbocycles. The standard InChI is InChI=1S/C20H22N4O2/c25-20(18-3-1-2-8-22-18)16-6-11-24(12-7-16)14-17-13-19(23-26-17)15-4-9-21-10-5-15/h1-5,8-10,13,16,20,25H,6-7,11-12,14H2/t20-/m0/s1. The number of hydrogen-bond acceptors (Lipinski definition) is 6. The molecule has 134 valence electrons. The summed E-state index contributed by atoms with van der Waals surface area (Å²) >= 11 is 0. The lowest BCUT2D eigenvalue weighted by Crippen LogP contribution is -2.35. The summed E-state index contributed by atoms with van der Waals surface area (Å²) in [4.78, 5) is 10.6. The summed E-state index contributed by atoms with van der Waals surface area (Å²) in [5.41, 5.74) is 2.61. The van der Waals surface area contributed by atoms with E-state index in [4.69, 9.17) is 4.52 Å². The molecule has 0 spiro atoms. The Kier molecular flexibility index (Phi) is 5.04. The van der Waals surface area contributed by atoms with Crippen LogP contribution >= 0.6 is 0 Å². The third kappa shape index (κ3) is 3.81. The fourth-order valence-electron chi connectivity index (χ4n) is 3.49. The first-order chi connectivity index (χ1) is 12.8. The minimum atomic E-state index is -0.484. The monoisotopic (exact) mass is 350 g/mol. The summed E-state index contributed by atoms with van der Waals surface area (Å²) in [5, 5.41) is 14.7. The predicted octanol–water partition coefficient (Wildman–Crippen LogP) is 3.08. The van der Waals surface area contributed by atoms with Crippen LogP contribution in [0.3, 0.4) is 0 Å². The second-order valence-electron chi connectivity index (χ2n) is 6.73. The van der Waals surface area contributed by atoms with Crippen LogP contribution in [-0.4, -0.2) is 38.2 Å². The molecule has 3 aromatic heterocycles. The van der Waals surface area contributed by atoms with Crippen LogP contribution in [0, 0.1) is 5.92 Å². The highest BCUT2D eigenvalue weighted by Crippen LogP contribution is 2.30. The second-order valence-corrected chi connectivity index (χ2v) is 6.73. The summed E-state index contributed by atoms with van der Waals surface area (Å²) in [7, 11) is 0. The van der Waals surface area contributed by atoms with E-state index in [1.165, 1.54) is 0 Å². The number of hydrogen-bond donors (Lipinski definition) is 1. The average molecular weight is 350 g/mol. The van der Waals surface area contributed by atoms with E-state index in [1.807, 2.05) is 36.4 Å². The van der Waals surface area contributed by atoms with E-state index >= 15 is 0 Å². The maximum absolute atomic E-state index is 10.5. The molecule has 1 aliphatic heterocycles. The highest BCUT2D eigenvalue weighted by molar-refractivity contribution is 5.57. The largest absolute Gasteiger partial charge is 0.387 e. The van der Waals surface area contributed by atoms with Gasteiger partial charge in [-0.25, -0.2) is 0 Å². The molecule has 1 saturated heterocycles. The van der Waals surface area contributed by atoms with E-state index in [-0.39, 0.29) is 5.92 Å². The van der Waals surface area contributed by atoms with E-state index in [9.17, 15) is 5.11 Å². The molecule has 26 heavy (non-hydrogen) atoms. The van der Waals surface area contributed by atoms with Crippen LogP contribution in [0.1, 0.15) is 30.4 Å². The van der Waals surface area contributed by atoms with Crippen molar-refractivity contribution in [2.75, 3.05) is 13.1 Å². The van der Waals surface area contributed by atoms with E-state index in [2.05, 4.69) is 20.0 Å². The zero-order chi connectivity index (χ0) is 17.8. The minimum Gasteiger partial charge on any atom is -0.387 e. The van der Waals surface area contributed by atoms with Crippen molar-refractivity contribution in [3.63, 3.8) is 0 Å². The van der Waals surface area contributed by atoms with Crippen molar-refractivity contribution in [3.05, 3.63) is 66.4 Å². The lowest BCUT2D eigenvalue weighted by atomic mass is 9.89. The average Bonchev–Trinajstić information content (AvgIpc) is 3.18. The van der Waals surface area contributed by atoms with E-state index in [1.54, 1.807) is 18.6 Å². The van der Waals surface area contributed by atoms with Crippen LogP contribution in [0.5, 0.6) is 0 Å². The molecule has 0 amide bonds. The van der Waals surface area contributed by atoms with Gasteiger partial charge in [-0.15, -0.1) is 0 Å². The Bertz CT molecular complexity index is 814. The van der Waals surface area contributed by atoms with Crippen molar-refractivity contribution >= 4 is 0 Å². The van der Waals surface area contributed by atoms with Crippen molar-refractivity contribution < 1.29 is 9.63 Å². The third-order valence-corrected chi connectivity index (χ3v) is 4.98. The number of nitrogens with zero attached hydrogens (tertiary/aromatic N) is 4. The molecule has 1 N–H and O–H groups in total. The van der Waals surface area contributed by atoms with Crippen LogP contribution in [0.4, 0.5) is 0 Å². The number of pyridine rings is 2. The molecule has 0 saturated carbocycles. The van der Waals surface area contributed by atoms with Crippen molar-refractivity contribution in [1.29, 1.82) is 0 Å². The van der Waals surface area contributed by atoms with Crippen LogP contribution < -0.4 is 0 Å². The Morgan fingerprint density at radius 3 is 2.65 bits per heavy atom. The van der Waals surface area contributed by atoms with Gasteiger partial charge in [-0.1, -0.05) is 11.2 Å². The molecule has 4 rings (SSSR count). The fraction of sp³-hybridized carbons (Fsp3) is 0.350. The lowest BCUT2D eigenvalue weighted by Gasteiger charge is -2.33. The van der Waals surface area contributed by atoms with E-state index < -0.39 is 6.10 Å². The molecule has 0 radical (unpaired) electrons. The summed E-state index contributed by atoms with van der Waals surface area (Å²) in [5.74, 6) is 1.11. The minimum absolute atomic E-state index is 0.253. The van der Waals surface area contributed by atoms with Gasteiger partial charge in [-0.2, -0.15) is 0 Å². The molecule has 0 aromatic carbocycles. The number of aliphatic hydroxyl groups excluding tert-OH is 1. The highest BCUT2D eigenvalue weighted by Gasteiger charge is 2.27. The van der Waals surface area contributed by atoms with Crippen molar-refractivity contribution in [2.45, 2.75) is 25.5 Å². The molecule has 1 atom stereocenters. The van der Waals surface area contributed by atoms with Gasteiger partial charge in [0.1, 0.15) is 5.69 Å². The molecule has 6 heteroatoms. The van der Waals surface area contributed by atoms with Gasteiger partial charge < -0.3 is 9.63 Å². The van der Waals surface area contributed by atoms with Gasteiger partial charge in [-0.3, -0.25) is 14.9 Å². The van der Waals surface area contributed by atoms with Gasteiger partial charge in [-0.05, 0) is 56.1 Å². The van der Waals surface area contributed by atoms with E-state index in [0.717, 1.165) is 55.2 Å². The number of rotatable bonds is 5. The number of likely N-dealkylation sites (tertiary alicyclic amines) is 1. The molecule has 6 nitrogen and oxygen atoms in total. The fourth-order valence-corrected chi connectivity index (χ4v) is 3.49. The normalized spacial score (nSPS) is 17.3. The Morgan fingerprint density at radius 1 is 1.12 bits per heavy atom. The first-order valence-corrected chi connectivity index (χ1v) is 8.97. The predicted molar refractivity (Wildman–Crippen MR) is 96.9 cm³/mol. The summed E-state index contributed by atoms with van der Waals surface area (Å²) < 4.78 is 5.49. The first-order valence-electron chi connectivity index (χ1n) is 8.97. The highest BCUT2D eigenvalue weighted by atomic mass is 16.5. The quantitative estimate of drug-likeness (QED) is 0.762. The molecule has 0 unspecified atom stereocenters. The van der Waals surface area contributed by atoms with Gasteiger partial charge in [0.15, 0.2) is 5.76 Å². The number of aliphatic hydroxyl groups is 1. The molecule has 1 aliphatic rings. The van der Waals surface area contributed by atoms with Gasteiger partial charge in [0.2, 0.25) is 0 Å². The molecular weight excluding hydrogens is 328 g/mol. The Balaban J connectivity index is 1.32. The Hall–Kier alpha value is -2.57. The topological polar surface area (TPSA) is 75.3 Å². The molecular formula is C20H22N4O2. The lowest BCUT2D eigenvalue weighted by molar-refractivity contribution is 0.0516. The zero-order valence-corrected chi connectivity index (χ0v) is 14.5. The summed E-state index contributed by atoms with van der Waals surface area (Å²) in [6.07, 6.45) is 6.65. The van der Waals surface area contributed by atoms with Gasteiger partial charge in [0.25, 0.3) is 0 Å². The zero-order valence-electron chi connectivity index (χ0n) is 14.5. The first kappa shape index (κ1) is 16.9. The van der Waals surface area contributed by atoms with Crippen LogP contribution in [0.2, 0.25) is 0 Å². The van der Waals surface area contributed by atoms with Crippen molar-refractivity contribution in [1.82, 2.24) is 20.0 Å². The summed E-state index contributed by atoms with van der Waals surface area (Å²) in [6, 6.07) is 11.5. The maximum atomic E-state index is 10.5. The van der Waals surface area contributed by atoms with Crippen molar-refractivity contribution in [3.8, 4) is 11.3 Å². The second kappa shape index (κ2) is 7.76. The molecule has 4 heterocycles. The van der Waals surface area contributed by atoms with Gasteiger partial charge >= 0.3 is 0 Å². The molecule has 3 aromatic rings. The van der Waals surface area contributed by atoms with Crippen LogP contribution in [0.15, 0.2) is 59.5 Å².